The van der Waals surface area contributed by atoms with E-state index in [4.69, 9.17) is 0 Å². The van der Waals surface area contributed by atoms with E-state index in [-0.39, 0.29) is 23.3 Å². The third kappa shape index (κ3) is 5.95. The van der Waals surface area contributed by atoms with Gasteiger partial charge in [0, 0.05) is 35.3 Å². The molecule has 1 amide bonds. The van der Waals surface area contributed by atoms with Gasteiger partial charge in [-0.25, -0.2) is 9.37 Å². The number of aliphatic hydroxyl groups is 1. The molecule has 0 bridgehead atoms. The van der Waals surface area contributed by atoms with Gasteiger partial charge in [0.05, 0.1) is 23.4 Å². The van der Waals surface area contributed by atoms with Crippen LogP contribution in [0.4, 0.5) is 21.6 Å². The van der Waals surface area contributed by atoms with Gasteiger partial charge >= 0.3 is 0 Å². The first kappa shape index (κ1) is 23.0. The number of rotatable bonds is 8. The topological polar surface area (TPSA) is 103 Å². The number of carbonyl (C=O) groups excluding carboxylic acids is 2. The van der Waals surface area contributed by atoms with Gasteiger partial charge in [-0.3, -0.25) is 9.59 Å². The summed E-state index contributed by atoms with van der Waals surface area (Å²) < 4.78 is 14.0. The van der Waals surface area contributed by atoms with Gasteiger partial charge < -0.3 is 21.1 Å². The number of fused-ring (bicyclic) bond motifs is 1. The molecule has 0 unspecified atom stereocenters. The largest absolute Gasteiger partial charge is 0.387 e. The van der Waals surface area contributed by atoms with Crippen LogP contribution in [0.3, 0.4) is 0 Å². The molecule has 2 heterocycles. The number of alkyl halides is 1. The summed E-state index contributed by atoms with van der Waals surface area (Å²) in [6, 6.07) is 7.47. The summed E-state index contributed by atoms with van der Waals surface area (Å²) in [4.78, 5) is 29.5. The number of hydrogen-bond donors (Lipinski definition) is 4. The standard InChI is InChI=1S/C22H27FN4O3S/c1-12(2)26-16-9-19(27-14-6-5-13-7-20(28)31-17(13)8-14)24-10-15(16)21(29)25-11-18(23)22(3,4)30/h5-6,8-10,12,18,30H,7,11H2,1-4H3,(H,25,29)(H2,24,26,27)/t18-/m1/s1. The molecule has 0 spiro atoms. The van der Waals surface area contributed by atoms with Crippen molar-refractivity contribution in [1.29, 1.82) is 0 Å². The summed E-state index contributed by atoms with van der Waals surface area (Å²) in [6.07, 6.45) is 0.264. The second-order valence-corrected chi connectivity index (χ2v) is 9.44. The molecular formula is C22H27FN4O3S. The summed E-state index contributed by atoms with van der Waals surface area (Å²) in [6.45, 7) is 6.27. The number of benzene rings is 1. The molecule has 0 saturated heterocycles. The first-order valence-electron chi connectivity index (χ1n) is 10.0. The smallest absolute Gasteiger partial charge is 0.255 e. The van der Waals surface area contributed by atoms with E-state index < -0.39 is 17.7 Å². The summed E-state index contributed by atoms with van der Waals surface area (Å²) in [5.41, 5.74) is 1.08. The molecule has 1 aliphatic heterocycles. The van der Waals surface area contributed by atoms with Crippen molar-refractivity contribution in [1.82, 2.24) is 10.3 Å². The Labute approximate surface area is 185 Å². The fraction of sp³-hybridized carbons (Fsp3) is 0.409. The van der Waals surface area contributed by atoms with Crippen LogP contribution in [0.15, 0.2) is 35.4 Å². The van der Waals surface area contributed by atoms with Crippen LogP contribution in [0.2, 0.25) is 0 Å². The lowest BCUT2D eigenvalue weighted by atomic mass is 10.0. The molecule has 1 atom stereocenters. The number of nitrogens with zero attached hydrogens (tertiary/aromatic N) is 1. The van der Waals surface area contributed by atoms with Gasteiger partial charge in [-0.1, -0.05) is 17.8 Å². The van der Waals surface area contributed by atoms with E-state index in [0.717, 1.165) is 16.1 Å². The lowest BCUT2D eigenvalue weighted by molar-refractivity contribution is -0.110. The maximum absolute atomic E-state index is 14.0. The van der Waals surface area contributed by atoms with Gasteiger partial charge in [-0.15, -0.1) is 0 Å². The maximum Gasteiger partial charge on any atom is 0.255 e. The van der Waals surface area contributed by atoms with Gasteiger partial charge in [0.25, 0.3) is 5.91 Å². The molecule has 0 saturated carbocycles. The Morgan fingerprint density at radius 3 is 2.74 bits per heavy atom. The summed E-state index contributed by atoms with van der Waals surface area (Å²) in [5.74, 6) is 0.0374. The Bertz CT molecular complexity index is 991. The second-order valence-electron chi connectivity index (χ2n) is 8.34. The van der Waals surface area contributed by atoms with Crippen LogP contribution in [0.25, 0.3) is 0 Å². The van der Waals surface area contributed by atoms with Gasteiger partial charge in [-0.05, 0) is 45.4 Å². The zero-order valence-corrected chi connectivity index (χ0v) is 18.8. The minimum Gasteiger partial charge on any atom is -0.387 e. The average molecular weight is 447 g/mol. The number of hydrogen-bond acceptors (Lipinski definition) is 7. The van der Waals surface area contributed by atoms with Crippen molar-refractivity contribution in [3.8, 4) is 0 Å². The van der Waals surface area contributed by atoms with Crippen molar-refractivity contribution in [3.05, 3.63) is 41.6 Å². The fourth-order valence-corrected chi connectivity index (χ4v) is 3.93. The zero-order chi connectivity index (χ0) is 22.8. The monoisotopic (exact) mass is 446 g/mol. The highest BCUT2D eigenvalue weighted by molar-refractivity contribution is 8.14. The average Bonchev–Trinajstić information content (AvgIpc) is 3.04. The van der Waals surface area contributed by atoms with Crippen molar-refractivity contribution in [3.63, 3.8) is 0 Å². The molecule has 166 valence electrons. The van der Waals surface area contributed by atoms with Crippen molar-refractivity contribution < 1.29 is 19.1 Å². The highest BCUT2D eigenvalue weighted by Gasteiger charge is 2.27. The summed E-state index contributed by atoms with van der Waals surface area (Å²) >= 11 is 1.23. The third-order valence-electron chi connectivity index (χ3n) is 4.70. The first-order chi connectivity index (χ1) is 14.5. The van der Waals surface area contributed by atoms with E-state index in [1.54, 1.807) is 6.07 Å². The predicted octanol–water partition coefficient (Wildman–Crippen LogP) is 3.66. The van der Waals surface area contributed by atoms with Crippen molar-refractivity contribution in [2.75, 3.05) is 17.2 Å². The molecule has 31 heavy (non-hydrogen) atoms. The van der Waals surface area contributed by atoms with E-state index >= 15 is 0 Å². The number of carbonyl (C=O) groups is 2. The molecule has 7 nitrogen and oxygen atoms in total. The van der Waals surface area contributed by atoms with Crippen LogP contribution in [-0.4, -0.2) is 45.5 Å². The SMILES string of the molecule is CC(C)Nc1cc(Nc2ccc3c(c2)SC(=O)C3)ncc1C(=O)NC[C@@H](F)C(C)(C)O. The molecule has 1 aromatic carbocycles. The van der Waals surface area contributed by atoms with E-state index in [9.17, 15) is 19.1 Å². The van der Waals surface area contributed by atoms with Gasteiger partial charge in [-0.2, -0.15) is 0 Å². The summed E-state index contributed by atoms with van der Waals surface area (Å²) in [5, 5.41) is 18.8. The Kier molecular flexibility index (Phi) is 6.86. The number of amides is 1. The van der Waals surface area contributed by atoms with Crippen LogP contribution in [-0.2, 0) is 11.2 Å². The van der Waals surface area contributed by atoms with E-state index in [1.165, 1.54) is 31.8 Å². The third-order valence-corrected chi connectivity index (χ3v) is 5.67. The normalized spacial score (nSPS) is 14.4. The second kappa shape index (κ2) is 9.23. The van der Waals surface area contributed by atoms with Crippen LogP contribution in [0, 0.1) is 0 Å². The minimum atomic E-state index is -1.60. The first-order valence-corrected chi connectivity index (χ1v) is 10.9. The zero-order valence-electron chi connectivity index (χ0n) is 18.0. The Morgan fingerprint density at radius 1 is 1.32 bits per heavy atom. The molecule has 0 radical (unpaired) electrons. The van der Waals surface area contributed by atoms with Crippen molar-refractivity contribution >= 4 is 40.0 Å². The van der Waals surface area contributed by atoms with Gasteiger partial charge in [0.1, 0.15) is 12.0 Å². The van der Waals surface area contributed by atoms with E-state index in [2.05, 4.69) is 20.9 Å². The Hall–Kier alpha value is -2.65. The quantitative estimate of drug-likeness (QED) is 0.491. The van der Waals surface area contributed by atoms with Crippen LogP contribution >= 0.6 is 11.8 Å². The maximum atomic E-state index is 14.0. The lowest BCUT2D eigenvalue weighted by Crippen LogP contribution is -2.42. The Balaban J connectivity index is 1.77. The summed E-state index contributed by atoms with van der Waals surface area (Å²) in [7, 11) is 0. The molecule has 0 fully saturated rings. The minimum absolute atomic E-state index is 0.0505. The number of thioether (sulfide) groups is 1. The van der Waals surface area contributed by atoms with Crippen LogP contribution < -0.4 is 16.0 Å². The lowest BCUT2D eigenvalue weighted by Gasteiger charge is -2.23. The van der Waals surface area contributed by atoms with Crippen LogP contribution in [0.5, 0.6) is 0 Å². The molecule has 9 heteroatoms. The fourth-order valence-electron chi connectivity index (χ4n) is 3.00. The van der Waals surface area contributed by atoms with Crippen molar-refractivity contribution in [2.24, 2.45) is 0 Å². The number of pyridine rings is 1. The molecule has 1 aromatic heterocycles. The van der Waals surface area contributed by atoms with Crippen molar-refractivity contribution in [2.45, 2.75) is 56.8 Å². The highest BCUT2D eigenvalue weighted by atomic mass is 32.2. The molecule has 3 rings (SSSR count). The highest BCUT2D eigenvalue weighted by Crippen LogP contribution is 2.35. The molecular weight excluding hydrogens is 419 g/mol. The molecule has 2 aromatic rings. The van der Waals surface area contributed by atoms with E-state index in [0.29, 0.717) is 17.9 Å². The number of halogens is 1. The molecule has 1 aliphatic rings. The molecule has 0 aliphatic carbocycles. The predicted molar refractivity (Wildman–Crippen MR) is 121 cm³/mol. The number of anilines is 3. The van der Waals surface area contributed by atoms with Gasteiger partial charge in [0.15, 0.2) is 5.12 Å². The Morgan fingerprint density at radius 2 is 2.06 bits per heavy atom. The molecule has 4 N–H and O–H groups in total. The van der Waals surface area contributed by atoms with E-state index in [1.807, 2.05) is 32.0 Å². The van der Waals surface area contributed by atoms with Crippen LogP contribution in [0.1, 0.15) is 43.6 Å². The van der Waals surface area contributed by atoms with Gasteiger partial charge in [0.2, 0.25) is 0 Å². The number of aromatic nitrogens is 1. The number of nitrogens with one attached hydrogen (secondary N) is 3.